The van der Waals surface area contributed by atoms with Crippen molar-refractivity contribution in [1.82, 2.24) is 0 Å². The second-order valence-electron chi connectivity index (χ2n) is 2.69. The van der Waals surface area contributed by atoms with E-state index < -0.39 is 0 Å². The van der Waals surface area contributed by atoms with Crippen molar-refractivity contribution in [2.24, 2.45) is 0 Å². The van der Waals surface area contributed by atoms with E-state index in [1.54, 1.807) is 12.1 Å². The van der Waals surface area contributed by atoms with Crippen molar-refractivity contribution in [2.45, 2.75) is 6.92 Å². The topological polar surface area (TPSA) is 33.0 Å². The molecular formula is C11H13NOS. The summed E-state index contributed by atoms with van der Waals surface area (Å²) in [4.78, 5) is 0. The molecule has 3 heteroatoms. The fourth-order valence-corrected chi connectivity index (χ4v) is 1.51. The molecule has 0 saturated heterocycles. The third kappa shape index (κ3) is 3.71. The molecule has 1 aromatic rings. The molecule has 1 aromatic carbocycles. The molecule has 0 aliphatic carbocycles. The van der Waals surface area contributed by atoms with E-state index in [-0.39, 0.29) is 0 Å². The molecule has 0 fully saturated rings. The van der Waals surface area contributed by atoms with Crippen molar-refractivity contribution >= 4 is 11.8 Å². The first-order valence-corrected chi connectivity index (χ1v) is 5.73. The highest BCUT2D eigenvalue weighted by atomic mass is 32.2. The molecule has 14 heavy (non-hydrogen) atoms. The van der Waals surface area contributed by atoms with Crippen LogP contribution in [-0.4, -0.2) is 18.1 Å². The van der Waals surface area contributed by atoms with Gasteiger partial charge in [0.15, 0.2) is 0 Å². The molecule has 0 bridgehead atoms. The zero-order valence-corrected chi connectivity index (χ0v) is 9.01. The molecule has 74 valence electrons. The fourth-order valence-electron chi connectivity index (χ4n) is 1.02. The first-order valence-electron chi connectivity index (χ1n) is 4.57. The van der Waals surface area contributed by atoms with E-state index in [0.29, 0.717) is 12.2 Å². The van der Waals surface area contributed by atoms with E-state index in [9.17, 15) is 0 Å². The molecule has 0 amide bonds. The molecule has 2 nitrogen and oxygen atoms in total. The van der Waals surface area contributed by atoms with Crippen LogP contribution in [-0.2, 0) is 0 Å². The van der Waals surface area contributed by atoms with E-state index >= 15 is 0 Å². The molecule has 0 spiro atoms. The molecule has 0 N–H and O–H groups in total. The summed E-state index contributed by atoms with van der Waals surface area (Å²) in [6, 6.07) is 9.32. The minimum atomic E-state index is 0.644. The zero-order valence-electron chi connectivity index (χ0n) is 8.19. The third-order valence-electron chi connectivity index (χ3n) is 1.66. The van der Waals surface area contributed by atoms with Gasteiger partial charge in [0.2, 0.25) is 0 Å². The summed E-state index contributed by atoms with van der Waals surface area (Å²) in [5, 5.41) is 8.66. The number of hydrogen-bond acceptors (Lipinski definition) is 3. The van der Waals surface area contributed by atoms with Gasteiger partial charge in [0.05, 0.1) is 18.2 Å². The Bertz CT molecular complexity index is 319. The van der Waals surface area contributed by atoms with Gasteiger partial charge in [-0.1, -0.05) is 13.0 Å². The van der Waals surface area contributed by atoms with Crippen LogP contribution in [0.15, 0.2) is 24.3 Å². The number of ether oxygens (including phenoxy) is 1. The highest BCUT2D eigenvalue weighted by molar-refractivity contribution is 7.99. The summed E-state index contributed by atoms with van der Waals surface area (Å²) in [6.45, 7) is 2.83. The molecule has 0 aromatic heterocycles. The van der Waals surface area contributed by atoms with E-state index in [4.69, 9.17) is 10.00 Å². The van der Waals surface area contributed by atoms with Crippen LogP contribution in [0.3, 0.4) is 0 Å². The molecule has 0 saturated carbocycles. The van der Waals surface area contributed by atoms with Crippen LogP contribution in [0, 0.1) is 11.3 Å². The Morgan fingerprint density at radius 3 is 3.07 bits per heavy atom. The van der Waals surface area contributed by atoms with Gasteiger partial charge in [-0.2, -0.15) is 17.0 Å². The standard InChI is InChI=1S/C11H13NOS/c1-2-14-7-6-13-11-5-3-4-10(8-11)9-12/h3-5,8H,2,6-7H2,1H3. The Hall–Kier alpha value is -1.14. The Kier molecular flexibility index (Phi) is 4.95. The maximum atomic E-state index is 8.66. The number of benzene rings is 1. The molecular weight excluding hydrogens is 194 g/mol. The van der Waals surface area contributed by atoms with E-state index in [1.807, 2.05) is 23.9 Å². The largest absolute Gasteiger partial charge is 0.493 e. The minimum absolute atomic E-state index is 0.644. The lowest BCUT2D eigenvalue weighted by Gasteiger charge is -2.04. The van der Waals surface area contributed by atoms with Gasteiger partial charge < -0.3 is 4.74 Å². The second-order valence-corrected chi connectivity index (χ2v) is 4.08. The van der Waals surface area contributed by atoms with Gasteiger partial charge in [-0.15, -0.1) is 0 Å². The summed E-state index contributed by atoms with van der Waals surface area (Å²) < 4.78 is 5.48. The van der Waals surface area contributed by atoms with Crippen molar-refractivity contribution < 1.29 is 4.74 Å². The summed E-state index contributed by atoms with van der Waals surface area (Å²) in [5.74, 6) is 2.88. The molecule has 1 rings (SSSR count). The average molecular weight is 207 g/mol. The summed E-state index contributed by atoms with van der Waals surface area (Å²) >= 11 is 1.85. The fraction of sp³-hybridized carbons (Fsp3) is 0.364. The number of nitrogens with zero attached hydrogens (tertiary/aromatic N) is 1. The highest BCUT2D eigenvalue weighted by Gasteiger charge is 1.95. The molecule has 0 aliphatic heterocycles. The lowest BCUT2D eigenvalue weighted by molar-refractivity contribution is 0.344. The Balaban J connectivity index is 2.39. The van der Waals surface area contributed by atoms with Gasteiger partial charge in [0.1, 0.15) is 5.75 Å². The maximum Gasteiger partial charge on any atom is 0.120 e. The second kappa shape index (κ2) is 6.33. The van der Waals surface area contributed by atoms with Crippen LogP contribution in [0.1, 0.15) is 12.5 Å². The maximum absolute atomic E-state index is 8.66. The SMILES string of the molecule is CCSCCOc1cccc(C#N)c1. The first-order chi connectivity index (χ1) is 6.86. The minimum Gasteiger partial charge on any atom is -0.493 e. The lowest BCUT2D eigenvalue weighted by Crippen LogP contribution is -2.00. The third-order valence-corrected chi connectivity index (χ3v) is 2.53. The van der Waals surface area contributed by atoms with Gasteiger partial charge in [-0.05, 0) is 24.0 Å². The Morgan fingerprint density at radius 2 is 2.36 bits per heavy atom. The van der Waals surface area contributed by atoms with Crippen molar-refractivity contribution in [1.29, 1.82) is 5.26 Å². The summed E-state index contributed by atoms with van der Waals surface area (Å²) in [7, 11) is 0. The number of nitriles is 1. The normalized spacial score (nSPS) is 9.43. The first kappa shape index (κ1) is 10.9. The Morgan fingerprint density at radius 1 is 1.50 bits per heavy atom. The molecule has 0 radical (unpaired) electrons. The van der Waals surface area contributed by atoms with Crippen LogP contribution < -0.4 is 4.74 Å². The predicted molar refractivity (Wildman–Crippen MR) is 59.7 cm³/mol. The number of rotatable bonds is 5. The number of hydrogen-bond donors (Lipinski definition) is 0. The van der Waals surface area contributed by atoms with Crippen LogP contribution in [0.5, 0.6) is 5.75 Å². The van der Waals surface area contributed by atoms with E-state index in [2.05, 4.69) is 13.0 Å². The monoisotopic (exact) mass is 207 g/mol. The average Bonchev–Trinajstić information content (AvgIpc) is 2.25. The van der Waals surface area contributed by atoms with Crippen LogP contribution in [0.4, 0.5) is 0 Å². The van der Waals surface area contributed by atoms with Crippen molar-refractivity contribution in [3.05, 3.63) is 29.8 Å². The number of thioether (sulfide) groups is 1. The van der Waals surface area contributed by atoms with E-state index in [1.165, 1.54) is 0 Å². The van der Waals surface area contributed by atoms with Crippen molar-refractivity contribution in [2.75, 3.05) is 18.1 Å². The molecule has 0 atom stereocenters. The quantitative estimate of drug-likeness (QED) is 0.696. The summed E-state index contributed by atoms with van der Waals surface area (Å²) in [6.07, 6.45) is 0. The van der Waals surface area contributed by atoms with Crippen molar-refractivity contribution in [3.63, 3.8) is 0 Å². The lowest BCUT2D eigenvalue weighted by atomic mass is 10.2. The molecule has 0 unspecified atom stereocenters. The molecule has 0 heterocycles. The summed E-state index contributed by atoms with van der Waals surface area (Å²) in [5.41, 5.74) is 0.644. The molecule has 0 aliphatic rings. The van der Waals surface area contributed by atoms with E-state index in [0.717, 1.165) is 17.3 Å². The predicted octanol–water partition coefficient (Wildman–Crippen LogP) is 2.69. The van der Waals surface area contributed by atoms with Gasteiger partial charge in [0.25, 0.3) is 0 Å². The van der Waals surface area contributed by atoms with Crippen LogP contribution >= 0.6 is 11.8 Å². The van der Waals surface area contributed by atoms with Crippen molar-refractivity contribution in [3.8, 4) is 11.8 Å². The van der Waals surface area contributed by atoms with Gasteiger partial charge in [0, 0.05) is 5.75 Å². The van der Waals surface area contributed by atoms with Crippen LogP contribution in [0.25, 0.3) is 0 Å². The van der Waals surface area contributed by atoms with Gasteiger partial charge in [-0.25, -0.2) is 0 Å². The zero-order chi connectivity index (χ0) is 10.2. The highest BCUT2D eigenvalue weighted by Crippen LogP contribution is 2.12. The van der Waals surface area contributed by atoms with Gasteiger partial charge in [-0.3, -0.25) is 0 Å². The Labute approximate surface area is 88.9 Å². The smallest absolute Gasteiger partial charge is 0.120 e. The van der Waals surface area contributed by atoms with Crippen LogP contribution in [0.2, 0.25) is 0 Å². The van der Waals surface area contributed by atoms with Gasteiger partial charge >= 0.3 is 0 Å².